The van der Waals surface area contributed by atoms with Gasteiger partial charge in [0.25, 0.3) is 0 Å². The molecule has 15 heavy (non-hydrogen) atoms. The maximum absolute atomic E-state index is 4.14. The minimum absolute atomic E-state index is 0.321. The lowest BCUT2D eigenvalue weighted by Gasteiger charge is -2.13. The van der Waals surface area contributed by atoms with Gasteiger partial charge in [0, 0.05) is 20.8 Å². The molecule has 2 heterocycles. The van der Waals surface area contributed by atoms with Crippen molar-refractivity contribution in [1.29, 1.82) is 0 Å². The predicted molar refractivity (Wildman–Crippen MR) is 66.7 cm³/mol. The van der Waals surface area contributed by atoms with Crippen LogP contribution in [0.5, 0.6) is 0 Å². The average molecular weight is 238 g/mol. The zero-order valence-electron chi connectivity index (χ0n) is 8.86. The summed E-state index contributed by atoms with van der Waals surface area (Å²) in [7, 11) is 0. The van der Waals surface area contributed by atoms with Gasteiger partial charge in [0.1, 0.15) is 0 Å². The van der Waals surface area contributed by atoms with Crippen molar-refractivity contribution in [3.8, 4) is 0 Å². The molecule has 1 atom stereocenters. The van der Waals surface area contributed by atoms with Crippen molar-refractivity contribution in [1.82, 2.24) is 10.3 Å². The summed E-state index contributed by atoms with van der Waals surface area (Å²) >= 11 is 3.56. The van der Waals surface area contributed by atoms with Crippen molar-refractivity contribution >= 4 is 22.7 Å². The lowest BCUT2D eigenvalue weighted by Crippen LogP contribution is -2.20. The van der Waals surface area contributed by atoms with Gasteiger partial charge in [-0.1, -0.05) is 6.92 Å². The SMILES string of the molecule is CCNC(c1cncs1)c1ccc(C)s1. The second-order valence-electron chi connectivity index (χ2n) is 3.34. The van der Waals surface area contributed by atoms with Crippen LogP contribution in [0.1, 0.15) is 27.6 Å². The first-order valence-electron chi connectivity index (χ1n) is 4.99. The second-order valence-corrected chi connectivity index (χ2v) is 5.58. The zero-order chi connectivity index (χ0) is 10.7. The van der Waals surface area contributed by atoms with E-state index in [1.807, 2.05) is 23.0 Å². The quantitative estimate of drug-likeness (QED) is 0.884. The van der Waals surface area contributed by atoms with Crippen LogP contribution in [0.15, 0.2) is 23.8 Å². The number of thiazole rings is 1. The largest absolute Gasteiger partial charge is 0.305 e. The van der Waals surface area contributed by atoms with Crippen LogP contribution >= 0.6 is 22.7 Å². The highest BCUT2D eigenvalue weighted by Crippen LogP contribution is 2.29. The summed E-state index contributed by atoms with van der Waals surface area (Å²) in [5.41, 5.74) is 1.89. The van der Waals surface area contributed by atoms with Crippen LogP contribution in [-0.2, 0) is 0 Å². The fourth-order valence-electron chi connectivity index (χ4n) is 1.52. The molecule has 0 bridgehead atoms. The summed E-state index contributed by atoms with van der Waals surface area (Å²) in [6.45, 7) is 5.25. The molecule has 4 heteroatoms. The lowest BCUT2D eigenvalue weighted by molar-refractivity contribution is 0.648. The van der Waals surface area contributed by atoms with Crippen molar-refractivity contribution in [3.05, 3.63) is 38.5 Å². The third-order valence-corrected chi connectivity index (χ3v) is 4.10. The fourth-order valence-corrected chi connectivity index (χ4v) is 3.28. The van der Waals surface area contributed by atoms with Crippen LogP contribution in [-0.4, -0.2) is 11.5 Å². The first-order valence-corrected chi connectivity index (χ1v) is 6.69. The molecule has 2 rings (SSSR count). The highest BCUT2D eigenvalue weighted by atomic mass is 32.1. The van der Waals surface area contributed by atoms with Crippen LogP contribution in [0.4, 0.5) is 0 Å². The predicted octanol–water partition coefficient (Wildman–Crippen LogP) is 3.21. The Morgan fingerprint density at radius 1 is 1.40 bits per heavy atom. The summed E-state index contributed by atoms with van der Waals surface area (Å²) in [4.78, 5) is 8.16. The molecule has 0 saturated carbocycles. The first kappa shape index (κ1) is 10.8. The molecule has 2 aromatic heterocycles. The van der Waals surface area contributed by atoms with E-state index in [2.05, 4.69) is 36.3 Å². The van der Waals surface area contributed by atoms with E-state index in [1.54, 1.807) is 11.3 Å². The summed E-state index contributed by atoms with van der Waals surface area (Å²) < 4.78 is 0. The first-order chi connectivity index (χ1) is 7.31. The molecule has 0 aliphatic heterocycles. The van der Waals surface area contributed by atoms with Crippen molar-refractivity contribution in [3.63, 3.8) is 0 Å². The Bertz CT molecular complexity index is 406. The molecule has 2 aromatic rings. The summed E-state index contributed by atoms with van der Waals surface area (Å²) in [5, 5.41) is 3.50. The molecule has 1 unspecified atom stereocenters. The molecule has 0 aliphatic rings. The Kier molecular flexibility index (Phi) is 3.51. The monoisotopic (exact) mass is 238 g/mol. The standard InChI is InChI=1S/C11H14N2S2/c1-3-13-11(10-6-12-7-14-10)9-5-4-8(2)15-9/h4-7,11,13H,3H2,1-2H3. The van der Waals surface area contributed by atoms with E-state index >= 15 is 0 Å². The highest BCUT2D eigenvalue weighted by Gasteiger charge is 2.15. The number of hydrogen-bond donors (Lipinski definition) is 1. The lowest BCUT2D eigenvalue weighted by atomic mass is 10.2. The van der Waals surface area contributed by atoms with Crippen molar-refractivity contribution in [2.24, 2.45) is 0 Å². The highest BCUT2D eigenvalue weighted by molar-refractivity contribution is 7.12. The van der Waals surface area contributed by atoms with Crippen molar-refractivity contribution in [2.45, 2.75) is 19.9 Å². The van der Waals surface area contributed by atoms with E-state index < -0.39 is 0 Å². The molecule has 0 aliphatic carbocycles. The zero-order valence-corrected chi connectivity index (χ0v) is 10.5. The Balaban J connectivity index is 2.27. The minimum atomic E-state index is 0.321. The van der Waals surface area contributed by atoms with Gasteiger partial charge in [-0.05, 0) is 25.6 Å². The maximum Gasteiger partial charge on any atom is 0.0795 e. The van der Waals surface area contributed by atoms with Gasteiger partial charge < -0.3 is 5.32 Å². The Labute approximate surface area is 98.0 Å². The van der Waals surface area contributed by atoms with Gasteiger partial charge in [0.2, 0.25) is 0 Å². The molecule has 0 saturated heterocycles. The smallest absolute Gasteiger partial charge is 0.0795 e. The van der Waals surface area contributed by atoms with Gasteiger partial charge in [-0.2, -0.15) is 0 Å². The van der Waals surface area contributed by atoms with Gasteiger partial charge in [-0.15, -0.1) is 22.7 Å². The number of nitrogens with zero attached hydrogens (tertiary/aromatic N) is 1. The fraction of sp³-hybridized carbons (Fsp3) is 0.364. The molecule has 0 aromatic carbocycles. The van der Waals surface area contributed by atoms with Gasteiger partial charge in [-0.3, -0.25) is 4.98 Å². The van der Waals surface area contributed by atoms with Crippen LogP contribution in [0, 0.1) is 6.92 Å². The minimum Gasteiger partial charge on any atom is -0.305 e. The normalized spacial score (nSPS) is 12.9. The van der Waals surface area contributed by atoms with E-state index in [0.29, 0.717) is 6.04 Å². The maximum atomic E-state index is 4.14. The van der Waals surface area contributed by atoms with Gasteiger partial charge >= 0.3 is 0 Å². The molecule has 80 valence electrons. The van der Waals surface area contributed by atoms with E-state index in [4.69, 9.17) is 0 Å². The van der Waals surface area contributed by atoms with Crippen LogP contribution in [0.2, 0.25) is 0 Å². The van der Waals surface area contributed by atoms with Crippen LogP contribution in [0.3, 0.4) is 0 Å². The summed E-state index contributed by atoms with van der Waals surface area (Å²) in [5.74, 6) is 0. The summed E-state index contributed by atoms with van der Waals surface area (Å²) in [6, 6.07) is 4.69. The van der Waals surface area contributed by atoms with Gasteiger partial charge in [0.15, 0.2) is 0 Å². The van der Waals surface area contributed by atoms with E-state index in [1.165, 1.54) is 14.6 Å². The Hall–Kier alpha value is -0.710. The number of aryl methyl sites for hydroxylation is 1. The number of rotatable bonds is 4. The topological polar surface area (TPSA) is 24.9 Å². The van der Waals surface area contributed by atoms with Crippen LogP contribution < -0.4 is 5.32 Å². The average Bonchev–Trinajstić information content (AvgIpc) is 2.85. The Morgan fingerprint density at radius 3 is 2.80 bits per heavy atom. The van der Waals surface area contributed by atoms with Crippen molar-refractivity contribution < 1.29 is 0 Å². The molecule has 0 amide bonds. The molecule has 0 radical (unpaired) electrons. The number of nitrogens with one attached hydrogen (secondary N) is 1. The molecular weight excluding hydrogens is 224 g/mol. The molecule has 0 fully saturated rings. The molecular formula is C11H14N2S2. The number of hydrogen-bond acceptors (Lipinski definition) is 4. The second kappa shape index (κ2) is 4.88. The number of thiophene rings is 1. The third-order valence-electron chi connectivity index (χ3n) is 2.19. The Morgan fingerprint density at radius 2 is 2.27 bits per heavy atom. The van der Waals surface area contributed by atoms with Crippen molar-refractivity contribution in [2.75, 3.05) is 6.54 Å². The molecule has 1 N–H and O–H groups in total. The third kappa shape index (κ3) is 2.45. The summed E-state index contributed by atoms with van der Waals surface area (Å²) in [6.07, 6.45) is 1.95. The van der Waals surface area contributed by atoms with E-state index in [0.717, 1.165) is 6.54 Å². The van der Waals surface area contributed by atoms with Gasteiger partial charge in [0.05, 0.1) is 11.6 Å². The van der Waals surface area contributed by atoms with E-state index in [-0.39, 0.29) is 0 Å². The van der Waals surface area contributed by atoms with Gasteiger partial charge in [-0.25, -0.2) is 0 Å². The molecule has 2 nitrogen and oxygen atoms in total. The van der Waals surface area contributed by atoms with E-state index in [9.17, 15) is 0 Å². The molecule has 0 spiro atoms. The van der Waals surface area contributed by atoms with Crippen LogP contribution in [0.25, 0.3) is 0 Å². The number of aromatic nitrogens is 1.